The molecule has 7 nitrogen and oxygen atoms in total. The molecule has 1 fully saturated rings. The van der Waals surface area contributed by atoms with E-state index in [4.69, 9.17) is 4.74 Å². The van der Waals surface area contributed by atoms with Gasteiger partial charge in [-0.1, -0.05) is 6.92 Å². The maximum atomic E-state index is 11.5. The van der Waals surface area contributed by atoms with Crippen LogP contribution in [0.25, 0.3) is 0 Å². The summed E-state index contributed by atoms with van der Waals surface area (Å²) in [6, 6.07) is 0. The molecule has 0 radical (unpaired) electrons. The SMILES string of the molecule is CCCS(=O)(=O)OS(=O)(=O)CCCN1CCOCC1. The quantitative estimate of drug-likeness (QED) is 0.612. The predicted octanol–water partition coefficient (Wildman–Crippen LogP) is -0.205. The minimum atomic E-state index is -4.01. The number of hydrogen-bond donors (Lipinski definition) is 0. The van der Waals surface area contributed by atoms with Crippen molar-refractivity contribution in [2.75, 3.05) is 44.4 Å². The van der Waals surface area contributed by atoms with Crippen LogP contribution in [0.1, 0.15) is 19.8 Å². The second-order valence-corrected chi connectivity index (χ2v) is 7.99. The zero-order chi connectivity index (χ0) is 14.4. The summed E-state index contributed by atoms with van der Waals surface area (Å²) < 4.78 is 55.0. The van der Waals surface area contributed by atoms with Crippen LogP contribution in [0.2, 0.25) is 0 Å². The molecule has 1 aliphatic heterocycles. The molecule has 1 rings (SSSR count). The summed E-state index contributed by atoms with van der Waals surface area (Å²) in [6.45, 7) is 5.08. The molecule has 0 aromatic rings. The number of nitrogens with zero attached hydrogens (tertiary/aromatic N) is 1. The standard InChI is InChI=1S/C10H21NO6S2/c1-2-9-18(12,13)17-19(14,15)10-3-4-11-5-7-16-8-6-11/h2-10H2,1H3. The van der Waals surface area contributed by atoms with Crippen molar-refractivity contribution in [2.45, 2.75) is 19.8 Å². The van der Waals surface area contributed by atoms with Crippen LogP contribution in [-0.2, 0) is 28.6 Å². The highest BCUT2D eigenvalue weighted by Crippen LogP contribution is 2.06. The molecule has 0 bridgehead atoms. The van der Waals surface area contributed by atoms with Gasteiger partial charge in [0.15, 0.2) is 0 Å². The van der Waals surface area contributed by atoms with Gasteiger partial charge in [-0.25, -0.2) is 0 Å². The van der Waals surface area contributed by atoms with Gasteiger partial charge in [0.25, 0.3) is 20.2 Å². The minimum Gasteiger partial charge on any atom is -0.379 e. The molecule has 0 amide bonds. The summed E-state index contributed by atoms with van der Waals surface area (Å²) in [5, 5.41) is 0. The van der Waals surface area contributed by atoms with E-state index in [1.807, 2.05) is 0 Å². The molecule has 1 heterocycles. The molecule has 0 aliphatic carbocycles. The van der Waals surface area contributed by atoms with Gasteiger partial charge in [0.2, 0.25) is 0 Å². The minimum absolute atomic E-state index is 0.282. The summed E-state index contributed by atoms with van der Waals surface area (Å²) >= 11 is 0. The van der Waals surface area contributed by atoms with E-state index in [9.17, 15) is 16.8 Å². The topological polar surface area (TPSA) is 90.0 Å². The van der Waals surface area contributed by atoms with E-state index in [0.717, 1.165) is 13.1 Å². The van der Waals surface area contributed by atoms with Crippen LogP contribution in [0.5, 0.6) is 0 Å². The van der Waals surface area contributed by atoms with Crippen molar-refractivity contribution in [3.8, 4) is 0 Å². The van der Waals surface area contributed by atoms with Crippen molar-refractivity contribution >= 4 is 20.2 Å². The van der Waals surface area contributed by atoms with Crippen molar-refractivity contribution in [3.05, 3.63) is 0 Å². The molecule has 1 aliphatic rings. The molecule has 0 atom stereocenters. The first-order chi connectivity index (χ1) is 8.85. The van der Waals surface area contributed by atoms with E-state index >= 15 is 0 Å². The highest BCUT2D eigenvalue weighted by atomic mass is 32.3. The van der Waals surface area contributed by atoms with E-state index in [1.54, 1.807) is 6.92 Å². The Morgan fingerprint density at radius 1 is 1.05 bits per heavy atom. The van der Waals surface area contributed by atoms with Gasteiger partial charge in [-0.15, -0.1) is 3.63 Å². The summed E-state index contributed by atoms with van der Waals surface area (Å²) in [5.41, 5.74) is 0. The van der Waals surface area contributed by atoms with Gasteiger partial charge in [0.05, 0.1) is 24.7 Å². The lowest BCUT2D eigenvalue weighted by Gasteiger charge is -2.26. The molecular weight excluding hydrogens is 294 g/mol. The van der Waals surface area contributed by atoms with Crippen LogP contribution in [-0.4, -0.2) is 66.1 Å². The monoisotopic (exact) mass is 315 g/mol. The molecule has 0 aromatic carbocycles. The summed E-state index contributed by atoms with van der Waals surface area (Å²) in [4.78, 5) is 2.08. The third-order valence-corrected chi connectivity index (χ3v) is 5.99. The van der Waals surface area contributed by atoms with Gasteiger partial charge in [-0.3, -0.25) is 4.90 Å². The van der Waals surface area contributed by atoms with Crippen LogP contribution in [0.3, 0.4) is 0 Å². The molecule has 0 spiro atoms. The Balaban J connectivity index is 2.34. The molecule has 0 N–H and O–H groups in total. The van der Waals surface area contributed by atoms with Gasteiger partial charge in [-0.05, 0) is 19.4 Å². The van der Waals surface area contributed by atoms with Crippen molar-refractivity contribution in [1.29, 1.82) is 0 Å². The smallest absolute Gasteiger partial charge is 0.281 e. The Kier molecular flexibility index (Phi) is 6.67. The van der Waals surface area contributed by atoms with Crippen LogP contribution >= 0.6 is 0 Å². The lowest BCUT2D eigenvalue weighted by Crippen LogP contribution is -2.37. The van der Waals surface area contributed by atoms with Crippen molar-refractivity contribution in [1.82, 2.24) is 4.90 Å². The lowest BCUT2D eigenvalue weighted by atomic mass is 10.4. The van der Waals surface area contributed by atoms with E-state index in [0.29, 0.717) is 32.6 Å². The average molecular weight is 315 g/mol. The highest BCUT2D eigenvalue weighted by molar-refractivity contribution is 7.99. The number of hydrogen-bond acceptors (Lipinski definition) is 7. The first-order valence-corrected chi connectivity index (χ1v) is 9.47. The van der Waals surface area contributed by atoms with E-state index in [2.05, 4.69) is 8.53 Å². The van der Waals surface area contributed by atoms with Gasteiger partial charge in [0.1, 0.15) is 0 Å². The normalized spacial score (nSPS) is 18.6. The molecule has 1 saturated heterocycles. The second kappa shape index (κ2) is 7.53. The number of morpholine rings is 1. The van der Waals surface area contributed by atoms with Crippen molar-refractivity contribution < 1.29 is 25.2 Å². The first kappa shape index (κ1) is 16.8. The highest BCUT2D eigenvalue weighted by Gasteiger charge is 2.22. The Bertz CT molecular complexity index is 452. The summed E-state index contributed by atoms with van der Waals surface area (Å²) in [5.74, 6) is -0.566. The molecule has 0 aromatic heterocycles. The Morgan fingerprint density at radius 3 is 2.21 bits per heavy atom. The zero-order valence-corrected chi connectivity index (χ0v) is 12.7. The van der Waals surface area contributed by atoms with Crippen LogP contribution in [0.15, 0.2) is 0 Å². The summed E-state index contributed by atoms with van der Waals surface area (Å²) in [7, 11) is -7.97. The largest absolute Gasteiger partial charge is 0.379 e. The molecule has 0 unspecified atom stereocenters. The molecule has 0 saturated carbocycles. The third-order valence-electron chi connectivity index (χ3n) is 2.63. The van der Waals surface area contributed by atoms with Gasteiger partial charge in [-0.2, -0.15) is 16.8 Å². The predicted molar refractivity (Wildman–Crippen MR) is 70.8 cm³/mol. The second-order valence-electron chi connectivity index (χ2n) is 4.40. The van der Waals surface area contributed by atoms with E-state index in [1.165, 1.54) is 0 Å². The third kappa shape index (κ3) is 7.21. The maximum Gasteiger partial charge on any atom is 0.281 e. The zero-order valence-electron chi connectivity index (χ0n) is 11.1. The molecule has 114 valence electrons. The Morgan fingerprint density at radius 2 is 1.63 bits per heavy atom. The van der Waals surface area contributed by atoms with Crippen LogP contribution < -0.4 is 0 Å². The number of ether oxygens (including phenoxy) is 1. The van der Waals surface area contributed by atoms with Gasteiger partial charge in [0, 0.05) is 13.1 Å². The fourth-order valence-corrected chi connectivity index (χ4v) is 4.56. The van der Waals surface area contributed by atoms with Crippen molar-refractivity contribution in [2.24, 2.45) is 0 Å². The van der Waals surface area contributed by atoms with Gasteiger partial charge < -0.3 is 4.74 Å². The average Bonchev–Trinajstić information content (AvgIpc) is 2.28. The first-order valence-electron chi connectivity index (χ1n) is 6.31. The molecular formula is C10H21NO6S2. The van der Waals surface area contributed by atoms with Crippen molar-refractivity contribution in [3.63, 3.8) is 0 Å². The molecule has 9 heteroatoms. The fraction of sp³-hybridized carbons (Fsp3) is 1.00. The van der Waals surface area contributed by atoms with Gasteiger partial charge >= 0.3 is 0 Å². The summed E-state index contributed by atoms with van der Waals surface area (Å²) in [6.07, 6.45) is 0.676. The van der Waals surface area contributed by atoms with Crippen LogP contribution in [0.4, 0.5) is 0 Å². The maximum absolute atomic E-state index is 11.5. The Hall–Kier alpha value is -0.220. The molecule has 19 heavy (non-hydrogen) atoms. The fourth-order valence-electron chi connectivity index (χ4n) is 1.77. The van der Waals surface area contributed by atoms with Crippen LogP contribution in [0, 0.1) is 0 Å². The number of rotatable bonds is 8. The Labute approximate surface area is 115 Å². The van der Waals surface area contributed by atoms with E-state index < -0.39 is 20.2 Å². The lowest BCUT2D eigenvalue weighted by molar-refractivity contribution is 0.0380. The van der Waals surface area contributed by atoms with E-state index in [-0.39, 0.29) is 11.5 Å².